The van der Waals surface area contributed by atoms with Gasteiger partial charge in [-0.05, 0) is 68.3 Å². The summed E-state index contributed by atoms with van der Waals surface area (Å²) in [5, 5.41) is 10.6. The third-order valence-electron chi connectivity index (χ3n) is 10.8. The van der Waals surface area contributed by atoms with E-state index in [4.69, 9.17) is 4.74 Å². The number of carbonyl (C=O) groups is 5. The average molecular weight is 878 g/mol. The molecule has 4 N–H and O–H groups in total. The largest absolute Gasteiger partial charge is 0.494 e. The van der Waals surface area contributed by atoms with Crippen LogP contribution in [-0.2, 0) is 22.3 Å². The van der Waals surface area contributed by atoms with Crippen LogP contribution in [0.5, 0.6) is 5.75 Å². The van der Waals surface area contributed by atoms with Crippen molar-refractivity contribution >= 4 is 74.0 Å². The summed E-state index contributed by atoms with van der Waals surface area (Å²) >= 11 is 3.58. The Morgan fingerprint density at radius 1 is 0.949 bits per heavy atom. The smallest absolute Gasteiger partial charge is 0.419 e. The topological polar surface area (TPSA) is 165 Å². The highest BCUT2D eigenvalue weighted by Crippen LogP contribution is 2.39. The number of ether oxygens (including phenoxy) is 1. The van der Waals surface area contributed by atoms with Crippen LogP contribution in [-0.4, -0.2) is 90.7 Å². The fourth-order valence-electron chi connectivity index (χ4n) is 7.66. The Balaban J connectivity index is 1.00. The van der Waals surface area contributed by atoms with Gasteiger partial charge >= 0.3 is 6.18 Å². The van der Waals surface area contributed by atoms with Gasteiger partial charge in [-0.2, -0.15) is 13.2 Å². The SMILES string of the molecule is CNC(=O)c1ccccc1Nc1cc(Nc2ccc(N3CCC(N(C)Cc4cc5c(cc4Br)C(=O)N(C4CCC(=O)NC4=O)C5=O)CC3)cc2OC)ncc1C(F)(F)F. The molecule has 0 spiro atoms. The summed E-state index contributed by atoms with van der Waals surface area (Å²) in [6, 6.07) is 15.5. The number of hydrogen-bond acceptors (Lipinski definition) is 11. The number of aromatic nitrogens is 1. The van der Waals surface area contributed by atoms with Crippen molar-refractivity contribution in [2.75, 3.05) is 49.8 Å². The molecule has 1 aromatic heterocycles. The van der Waals surface area contributed by atoms with Gasteiger partial charge in [-0.15, -0.1) is 0 Å². The number of nitrogens with one attached hydrogen (secondary N) is 4. The number of piperidine rings is 2. The van der Waals surface area contributed by atoms with Crippen molar-refractivity contribution in [1.82, 2.24) is 25.4 Å². The second-order valence-corrected chi connectivity index (χ2v) is 15.3. The second kappa shape index (κ2) is 16.7. The molecule has 0 radical (unpaired) electrons. The van der Waals surface area contributed by atoms with Gasteiger partial charge in [-0.25, -0.2) is 4.98 Å². The van der Waals surface area contributed by atoms with Crippen LogP contribution in [0, 0.1) is 0 Å². The maximum absolute atomic E-state index is 14.1. The van der Waals surface area contributed by atoms with Crippen molar-refractivity contribution in [3.63, 3.8) is 0 Å². The van der Waals surface area contributed by atoms with Gasteiger partial charge in [0.15, 0.2) is 0 Å². The monoisotopic (exact) mass is 876 g/mol. The van der Waals surface area contributed by atoms with Crippen LogP contribution in [0.15, 0.2) is 71.3 Å². The van der Waals surface area contributed by atoms with E-state index in [2.05, 4.69) is 52.0 Å². The number of benzene rings is 3. The molecule has 4 heterocycles. The zero-order valence-corrected chi connectivity index (χ0v) is 33.8. The zero-order valence-electron chi connectivity index (χ0n) is 32.2. The zero-order chi connectivity index (χ0) is 42.2. The Bertz CT molecular complexity index is 2350. The van der Waals surface area contributed by atoms with E-state index in [9.17, 15) is 37.1 Å². The van der Waals surface area contributed by atoms with Gasteiger partial charge in [0.05, 0.1) is 46.4 Å². The van der Waals surface area contributed by atoms with E-state index in [1.54, 1.807) is 30.3 Å². The van der Waals surface area contributed by atoms with Crippen molar-refractivity contribution in [3.05, 3.63) is 99.2 Å². The number of alkyl halides is 3. The van der Waals surface area contributed by atoms with Gasteiger partial charge in [-0.3, -0.25) is 39.1 Å². The van der Waals surface area contributed by atoms with Crippen LogP contribution in [0.2, 0.25) is 0 Å². The summed E-state index contributed by atoms with van der Waals surface area (Å²) in [6.45, 7) is 1.93. The normalized spacial score (nSPS) is 17.3. The van der Waals surface area contributed by atoms with Crippen LogP contribution in [0.1, 0.15) is 67.9 Å². The molecule has 59 heavy (non-hydrogen) atoms. The van der Waals surface area contributed by atoms with Crippen LogP contribution < -0.4 is 30.9 Å². The Kier molecular flexibility index (Phi) is 11.6. The number of amides is 5. The molecule has 3 aliphatic heterocycles. The maximum Gasteiger partial charge on any atom is 0.419 e. The quantitative estimate of drug-likeness (QED) is 0.127. The fourth-order valence-corrected chi connectivity index (χ4v) is 8.13. The molecule has 0 aliphatic carbocycles. The highest BCUT2D eigenvalue weighted by Gasteiger charge is 2.45. The molecule has 0 saturated carbocycles. The molecule has 308 valence electrons. The van der Waals surface area contributed by atoms with Crippen molar-refractivity contribution in [2.45, 2.75) is 50.5 Å². The number of carbonyl (C=O) groups excluding carboxylic acids is 5. The molecule has 1 atom stereocenters. The number of anilines is 5. The molecule has 5 amide bonds. The van der Waals surface area contributed by atoms with E-state index in [1.165, 1.54) is 32.4 Å². The summed E-state index contributed by atoms with van der Waals surface area (Å²) in [7, 11) is 4.94. The van der Waals surface area contributed by atoms with Gasteiger partial charge in [0, 0.05) is 67.6 Å². The number of pyridine rings is 1. The van der Waals surface area contributed by atoms with Crippen molar-refractivity contribution in [1.29, 1.82) is 0 Å². The van der Waals surface area contributed by atoms with Gasteiger partial charge < -0.3 is 25.6 Å². The standard InChI is InChI=1S/C41H40BrF3N8O6/c1-46-37(55)25-6-4-5-7-30(25)48-32-19-35(47-20-28(32)41(43,44)45)49-31-9-8-24(17-34(31)59-3)52-14-12-23(13-15-52)51(2)21-22-16-26-27(18-29(22)42)40(58)53(39(26)57)33-10-11-36(54)50-38(33)56/h4-9,16-20,23,33H,10-15,21H2,1-3H3,(H,46,55)(H2,47,48,49)(H,50,54,56). The van der Waals surface area contributed by atoms with E-state index in [0.717, 1.165) is 48.3 Å². The third kappa shape index (κ3) is 8.45. The number of para-hydroxylation sites is 1. The van der Waals surface area contributed by atoms with E-state index in [-0.39, 0.29) is 52.8 Å². The van der Waals surface area contributed by atoms with Crippen molar-refractivity contribution in [3.8, 4) is 5.75 Å². The lowest BCUT2D eigenvalue weighted by Gasteiger charge is -2.38. The van der Waals surface area contributed by atoms with Crippen LogP contribution in [0.4, 0.5) is 41.7 Å². The number of halogens is 4. The number of rotatable bonds is 11. The summed E-state index contributed by atoms with van der Waals surface area (Å²) in [6.07, 6.45) is -2.23. The molecule has 3 aliphatic rings. The molecule has 4 aromatic rings. The molecular weight excluding hydrogens is 837 g/mol. The maximum atomic E-state index is 14.1. The molecule has 0 bridgehead atoms. The number of methoxy groups -OCH3 is 1. The van der Waals surface area contributed by atoms with Gasteiger partial charge in [0.1, 0.15) is 17.6 Å². The van der Waals surface area contributed by atoms with Crippen molar-refractivity contribution in [2.24, 2.45) is 0 Å². The summed E-state index contributed by atoms with van der Waals surface area (Å²) < 4.78 is 48.5. The molecule has 1 unspecified atom stereocenters. The molecule has 14 nitrogen and oxygen atoms in total. The van der Waals surface area contributed by atoms with Crippen LogP contribution in [0.3, 0.4) is 0 Å². The fraction of sp³-hybridized carbons (Fsp3) is 0.317. The first-order valence-electron chi connectivity index (χ1n) is 18.8. The lowest BCUT2D eigenvalue weighted by molar-refractivity contribution is -0.137. The first-order chi connectivity index (χ1) is 28.2. The molecular formula is C41H40BrF3N8O6. The highest BCUT2D eigenvalue weighted by atomic mass is 79.9. The summed E-state index contributed by atoms with van der Waals surface area (Å²) in [5.41, 5.74) is 1.69. The van der Waals surface area contributed by atoms with Gasteiger partial charge in [0.25, 0.3) is 17.7 Å². The van der Waals surface area contributed by atoms with E-state index in [0.29, 0.717) is 22.5 Å². The number of nitrogens with zero attached hydrogens (tertiary/aromatic N) is 4. The predicted octanol–water partition coefficient (Wildman–Crippen LogP) is 6.22. The summed E-state index contributed by atoms with van der Waals surface area (Å²) in [5.74, 6) is -2.10. The number of hydrogen-bond donors (Lipinski definition) is 4. The number of fused-ring (bicyclic) bond motifs is 1. The lowest BCUT2D eigenvalue weighted by Crippen LogP contribution is -2.54. The van der Waals surface area contributed by atoms with Crippen LogP contribution in [0.25, 0.3) is 0 Å². The minimum Gasteiger partial charge on any atom is -0.494 e. The minimum absolute atomic E-state index is 0.0430. The number of imide groups is 2. The van der Waals surface area contributed by atoms with Crippen molar-refractivity contribution < 1.29 is 41.9 Å². The molecule has 18 heteroatoms. The van der Waals surface area contributed by atoms with E-state index in [1.807, 2.05) is 19.2 Å². The van der Waals surface area contributed by atoms with E-state index >= 15 is 0 Å². The second-order valence-electron chi connectivity index (χ2n) is 14.4. The van der Waals surface area contributed by atoms with Gasteiger partial charge in [0.2, 0.25) is 11.8 Å². The summed E-state index contributed by atoms with van der Waals surface area (Å²) in [4.78, 5) is 72.6. The van der Waals surface area contributed by atoms with Gasteiger partial charge in [-0.1, -0.05) is 28.1 Å². The molecule has 2 fully saturated rings. The molecule has 7 rings (SSSR count). The molecule has 2 saturated heterocycles. The predicted molar refractivity (Wildman–Crippen MR) is 216 cm³/mol. The Hall–Kier alpha value is -6.01. The Labute approximate surface area is 345 Å². The molecule has 3 aromatic carbocycles. The minimum atomic E-state index is -4.72. The first kappa shape index (κ1) is 41.2. The Morgan fingerprint density at radius 2 is 1.66 bits per heavy atom. The lowest BCUT2D eigenvalue weighted by atomic mass is 10.0. The third-order valence-corrected chi connectivity index (χ3v) is 11.5. The highest BCUT2D eigenvalue weighted by molar-refractivity contribution is 9.10. The Morgan fingerprint density at radius 3 is 2.34 bits per heavy atom. The van der Waals surface area contributed by atoms with Crippen LogP contribution >= 0.6 is 15.9 Å². The first-order valence-corrected chi connectivity index (χ1v) is 19.6. The van der Waals surface area contributed by atoms with E-state index < -0.39 is 47.3 Å². The average Bonchev–Trinajstić information content (AvgIpc) is 3.44.